The van der Waals surface area contributed by atoms with Crippen LogP contribution in [0.3, 0.4) is 0 Å². The summed E-state index contributed by atoms with van der Waals surface area (Å²) in [6.07, 6.45) is -0.0938. The van der Waals surface area contributed by atoms with E-state index in [1.54, 1.807) is 14.2 Å². The molecule has 0 aliphatic carbocycles. The molecule has 78 valence electrons. The molecular weight excluding hydrogens is 196 g/mol. The SMILES string of the molecule is COC(CSCc1ccccc1)OC. The van der Waals surface area contributed by atoms with Gasteiger partial charge in [0.25, 0.3) is 0 Å². The summed E-state index contributed by atoms with van der Waals surface area (Å²) in [5.41, 5.74) is 1.34. The molecule has 1 rings (SSSR count). The zero-order valence-electron chi connectivity index (χ0n) is 8.60. The normalized spacial score (nSPS) is 10.8. The molecule has 0 unspecified atom stereocenters. The summed E-state index contributed by atoms with van der Waals surface area (Å²) in [6.45, 7) is 0. The van der Waals surface area contributed by atoms with Gasteiger partial charge >= 0.3 is 0 Å². The Balaban J connectivity index is 2.21. The van der Waals surface area contributed by atoms with Gasteiger partial charge in [-0.2, -0.15) is 11.8 Å². The Bertz CT molecular complexity index is 234. The molecule has 0 saturated carbocycles. The number of thioether (sulfide) groups is 1. The predicted octanol–water partition coefficient (Wildman–Crippen LogP) is 2.54. The largest absolute Gasteiger partial charge is 0.355 e. The second-order valence-electron chi connectivity index (χ2n) is 2.90. The van der Waals surface area contributed by atoms with E-state index in [2.05, 4.69) is 24.3 Å². The summed E-state index contributed by atoms with van der Waals surface area (Å²) in [5.74, 6) is 1.87. The zero-order chi connectivity index (χ0) is 10.2. The molecule has 0 heterocycles. The molecule has 3 heteroatoms. The second-order valence-corrected chi connectivity index (χ2v) is 3.93. The van der Waals surface area contributed by atoms with E-state index >= 15 is 0 Å². The first-order chi connectivity index (χ1) is 6.86. The van der Waals surface area contributed by atoms with Gasteiger partial charge in [-0.25, -0.2) is 0 Å². The topological polar surface area (TPSA) is 18.5 Å². The van der Waals surface area contributed by atoms with Crippen LogP contribution in [0.25, 0.3) is 0 Å². The maximum atomic E-state index is 5.09. The molecular formula is C11H16O2S. The van der Waals surface area contributed by atoms with Crippen molar-refractivity contribution in [3.63, 3.8) is 0 Å². The molecule has 0 aromatic heterocycles. The predicted molar refractivity (Wildman–Crippen MR) is 60.4 cm³/mol. The number of benzene rings is 1. The third-order valence-electron chi connectivity index (χ3n) is 1.89. The molecule has 0 N–H and O–H groups in total. The third-order valence-corrected chi connectivity index (χ3v) is 2.94. The molecule has 0 saturated heterocycles. The van der Waals surface area contributed by atoms with Crippen molar-refractivity contribution in [2.24, 2.45) is 0 Å². The van der Waals surface area contributed by atoms with Crippen LogP contribution in [0.1, 0.15) is 5.56 Å². The minimum Gasteiger partial charge on any atom is -0.355 e. The molecule has 2 nitrogen and oxygen atoms in total. The summed E-state index contributed by atoms with van der Waals surface area (Å²) in [5, 5.41) is 0. The van der Waals surface area contributed by atoms with E-state index in [1.165, 1.54) is 5.56 Å². The number of ether oxygens (including phenoxy) is 2. The lowest BCUT2D eigenvalue weighted by atomic mass is 10.2. The van der Waals surface area contributed by atoms with Gasteiger partial charge in [0.2, 0.25) is 0 Å². The van der Waals surface area contributed by atoms with Gasteiger partial charge in [0.15, 0.2) is 6.29 Å². The van der Waals surface area contributed by atoms with Crippen molar-refractivity contribution in [2.45, 2.75) is 12.0 Å². The fourth-order valence-electron chi connectivity index (χ4n) is 1.08. The van der Waals surface area contributed by atoms with Crippen molar-refractivity contribution >= 4 is 11.8 Å². The third kappa shape index (κ3) is 4.13. The standard InChI is InChI=1S/C11H16O2S/c1-12-11(13-2)9-14-8-10-6-4-3-5-7-10/h3-7,11H,8-9H2,1-2H3. The molecule has 0 aliphatic rings. The summed E-state index contributed by atoms with van der Waals surface area (Å²) in [6, 6.07) is 10.4. The highest BCUT2D eigenvalue weighted by molar-refractivity contribution is 7.98. The Kier molecular flexibility index (Phi) is 5.68. The molecule has 1 aromatic carbocycles. The van der Waals surface area contributed by atoms with Crippen molar-refractivity contribution in [3.8, 4) is 0 Å². The van der Waals surface area contributed by atoms with Crippen molar-refractivity contribution in [1.82, 2.24) is 0 Å². The van der Waals surface area contributed by atoms with Crippen LogP contribution in [-0.4, -0.2) is 26.3 Å². The van der Waals surface area contributed by atoms with Crippen LogP contribution in [0.15, 0.2) is 30.3 Å². The van der Waals surface area contributed by atoms with E-state index in [1.807, 2.05) is 17.8 Å². The van der Waals surface area contributed by atoms with Crippen LogP contribution in [0.4, 0.5) is 0 Å². The average Bonchev–Trinajstić information content (AvgIpc) is 2.26. The molecule has 0 bridgehead atoms. The number of hydrogen-bond donors (Lipinski definition) is 0. The highest BCUT2D eigenvalue weighted by atomic mass is 32.2. The van der Waals surface area contributed by atoms with Gasteiger partial charge in [0, 0.05) is 25.7 Å². The Morgan fingerprint density at radius 3 is 2.36 bits per heavy atom. The summed E-state index contributed by atoms with van der Waals surface area (Å²) < 4.78 is 10.2. The van der Waals surface area contributed by atoms with E-state index < -0.39 is 0 Å². The van der Waals surface area contributed by atoms with Crippen molar-refractivity contribution in [1.29, 1.82) is 0 Å². The highest BCUT2D eigenvalue weighted by Crippen LogP contribution is 2.13. The van der Waals surface area contributed by atoms with Crippen LogP contribution in [0.5, 0.6) is 0 Å². The number of hydrogen-bond acceptors (Lipinski definition) is 3. The van der Waals surface area contributed by atoms with Crippen LogP contribution in [-0.2, 0) is 15.2 Å². The second kappa shape index (κ2) is 6.87. The van der Waals surface area contributed by atoms with Crippen LogP contribution >= 0.6 is 11.8 Å². The Morgan fingerprint density at radius 1 is 1.14 bits per heavy atom. The molecule has 14 heavy (non-hydrogen) atoms. The first kappa shape index (κ1) is 11.6. The van der Waals surface area contributed by atoms with Gasteiger partial charge in [0.1, 0.15) is 0 Å². The molecule has 0 fully saturated rings. The average molecular weight is 212 g/mol. The van der Waals surface area contributed by atoms with Crippen molar-refractivity contribution in [3.05, 3.63) is 35.9 Å². The van der Waals surface area contributed by atoms with E-state index in [9.17, 15) is 0 Å². The maximum Gasteiger partial charge on any atom is 0.165 e. The fraction of sp³-hybridized carbons (Fsp3) is 0.455. The van der Waals surface area contributed by atoms with E-state index in [-0.39, 0.29) is 6.29 Å². The first-order valence-electron chi connectivity index (χ1n) is 4.54. The smallest absolute Gasteiger partial charge is 0.165 e. The molecule has 0 spiro atoms. The molecule has 0 atom stereocenters. The quantitative estimate of drug-likeness (QED) is 0.675. The zero-order valence-corrected chi connectivity index (χ0v) is 9.42. The first-order valence-corrected chi connectivity index (χ1v) is 5.69. The van der Waals surface area contributed by atoms with Gasteiger partial charge in [-0.15, -0.1) is 0 Å². The number of methoxy groups -OCH3 is 2. The van der Waals surface area contributed by atoms with Gasteiger partial charge in [-0.3, -0.25) is 0 Å². The van der Waals surface area contributed by atoms with Crippen molar-refractivity contribution in [2.75, 3.05) is 20.0 Å². The Hall–Kier alpha value is -0.510. The Labute approximate surface area is 89.6 Å². The summed E-state index contributed by atoms with van der Waals surface area (Å²) >= 11 is 1.81. The fourth-order valence-corrected chi connectivity index (χ4v) is 2.09. The minimum absolute atomic E-state index is 0.0938. The highest BCUT2D eigenvalue weighted by Gasteiger charge is 2.04. The Morgan fingerprint density at radius 2 is 1.79 bits per heavy atom. The van der Waals surface area contributed by atoms with Gasteiger partial charge < -0.3 is 9.47 Å². The molecule has 0 amide bonds. The van der Waals surface area contributed by atoms with E-state index in [4.69, 9.17) is 9.47 Å². The molecule has 1 aromatic rings. The number of rotatable bonds is 6. The van der Waals surface area contributed by atoms with Gasteiger partial charge in [-0.1, -0.05) is 30.3 Å². The lowest BCUT2D eigenvalue weighted by Gasteiger charge is -2.12. The van der Waals surface area contributed by atoms with E-state index in [0.29, 0.717) is 0 Å². The van der Waals surface area contributed by atoms with Gasteiger partial charge in [0.05, 0.1) is 0 Å². The molecule has 0 radical (unpaired) electrons. The van der Waals surface area contributed by atoms with Crippen LogP contribution < -0.4 is 0 Å². The lowest BCUT2D eigenvalue weighted by molar-refractivity contribution is -0.0842. The van der Waals surface area contributed by atoms with Crippen LogP contribution in [0.2, 0.25) is 0 Å². The van der Waals surface area contributed by atoms with Crippen molar-refractivity contribution < 1.29 is 9.47 Å². The summed E-state index contributed by atoms with van der Waals surface area (Å²) in [7, 11) is 3.33. The monoisotopic (exact) mass is 212 g/mol. The van der Waals surface area contributed by atoms with Crippen LogP contribution in [0, 0.1) is 0 Å². The summed E-state index contributed by atoms with van der Waals surface area (Å²) in [4.78, 5) is 0. The minimum atomic E-state index is -0.0938. The van der Waals surface area contributed by atoms with Gasteiger partial charge in [-0.05, 0) is 5.56 Å². The molecule has 0 aliphatic heterocycles. The van der Waals surface area contributed by atoms with E-state index in [0.717, 1.165) is 11.5 Å². The lowest BCUT2D eigenvalue weighted by Crippen LogP contribution is -2.15. The maximum absolute atomic E-state index is 5.09.